The molecule has 23 heavy (non-hydrogen) atoms. The van der Waals surface area contributed by atoms with Crippen LogP contribution in [-0.2, 0) is 9.59 Å². The van der Waals surface area contributed by atoms with Gasteiger partial charge in [-0.15, -0.1) is 0 Å². The summed E-state index contributed by atoms with van der Waals surface area (Å²) in [5, 5.41) is 2.56. The molecular formula is C18H17FN2O2. The van der Waals surface area contributed by atoms with E-state index in [2.05, 4.69) is 5.32 Å². The van der Waals surface area contributed by atoms with Crippen molar-refractivity contribution in [2.24, 2.45) is 5.92 Å². The van der Waals surface area contributed by atoms with Gasteiger partial charge in [0.1, 0.15) is 5.82 Å². The molecule has 0 aromatic heterocycles. The van der Waals surface area contributed by atoms with Gasteiger partial charge in [-0.2, -0.15) is 0 Å². The topological polar surface area (TPSA) is 49.4 Å². The van der Waals surface area contributed by atoms with Crippen molar-refractivity contribution in [2.75, 3.05) is 16.8 Å². The predicted molar refractivity (Wildman–Crippen MR) is 86.7 cm³/mol. The first kappa shape index (κ1) is 15.2. The molecule has 2 aromatic carbocycles. The van der Waals surface area contributed by atoms with Gasteiger partial charge >= 0.3 is 0 Å². The summed E-state index contributed by atoms with van der Waals surface area (Å²) in [7, 11) is 0. The summed E-state index contributed by atoms with van der Waals surface area (Å²) in [6.45, 7) is 2.28. The second-order valence-corrected chi connectivity index (χ2v) is 5.71. The van der Waals surface area contributed by atoms with Crippen molar-refractivity contribution in [3.63, 3.8) is 0 Å². The highest BCUT2D eigenvalue weighted by atomic mass is 19.1. The molecule has 0 bridgehead atoms. The van der Waals surface area contributed by atoms with Crippen molar-refractivity contribution in [1.82, 2.24) is 0 Å². The van der Waals surface area contributed by atoms with E-state index in [0.717, 1.165) is 11.3 Å². The molecule has 5 heteroatoms. The average Bonchev–Trinajstić information content (AvgIpc) is 2.92. The normalized spacial score (nSPS) is 17.4. The van der Waals surface area contributed by atoms with Crippen molar-refractivity contribution in [3.8, 4) is 0 Å². The highest BCUT2D eigenvalue weighted by Gasteiger charge is 2.35. The minimum atomic E-state index is -0.486. The molecule has 3 rings (SSSR count). The highest BCUT2D eigenvalue weighted by Crippen LogP contribution is 2.26. The van der Waals surface area contributed by atoms with E-state index in [1.165, 1.54) is 12.1 Å². The Morgan fingerprint density at radius 3 is 2.57 bits per heavy atom. The monoisotopic (exact) mass is 312 g/mol. The zero-order valence-electron chi connectivity index (χ0n) is 12.8. The van der Waals surface area contributed by atoms with Gasteiger partial charge in [0.2, 0.25) is 11.8 Å². The molecule has 0 aliphatic carbocycles. The van der Waals surface area contributed by atoms with E-state index in [0.29, 0.717) is 6.54 Å². The molecule has 1 heterocycles. The largest absolute Gasteiger partial charge is 0.323 e. The fraction of sp³-hybridized carbons (Fsp3) is 0.222. The van der Waals surface area contributed by atoms with Crippen LogP contribution in [0.25, 0.3) is 0 Å². The highest BCUT2D eigenvalue weighted by molar-refractivity contribution is 6.03. The van der Waals surface area contributed by atoms with E-state index < -0.39 is 11.7 Å². The summed E-state index contributed by atoms with van der Waals surface area (Å²) in [6, 6.07) is 13.6. The first-order chi connectivity index (χ1) is 11.0. The molecule has 2 amide bonds. The molecule has 1 saturated heterocycles. The van der Waals surface area contributed by atoms with Crippen LogP contribution in [0.5, 0.6) is 0 Å². The molecular weight excluding hydrogens is 295 g/mol. The molecule has 118 valence electrons. The Labute approximate surface area is 133 Å². The molecule has 1 atom stereocenters. The Bertz CT molecular complexity index is 743. The van der Waals surface area contributed by atoms with Crippen LogP contribution in [-0.4, -0.2) is 18.4 Å². The number of aryl methyl sites for hydroxylation is 1. The molecule has 1 fully saturated rings. The number of rotatable bonds is 3. The van der Waals surface area contributed by atoms with Crippen molar-refractivity contribution < 1.29 is 14.0 Å². The number of carbonyl (C=O) groups is 2. The van der Waals surface area contributed by atoms with Gasteiger partial charge in [-0.25, -0.2) is 4.39 Å². The van der Waals surface area contributed by atoms with Gasteiger partial charge < -0.3 is 10.2 Å². The molecule has 0 unspecified atom stereocenters. The lowest BCUT2D eigenvalue weighted by Gasteiger charge is -2.17. The predicted octanol–water partition coefficient (Wildman–Crippen LogP) is 3.13. The van der Waals surface area contributed by atoms with E-state index in [4.69, 9.17) is 0 Å². The van der Waals surface area contributed by atoms with Crippen molar-refractivity contribution in [3.05, 3.63) is 59.9 Å². The van der Waals surface area contributed by atoms with Gasteiger partial charge in [0.15, 0.2) is 0 Å². The van der Waals surface area contributed by atoms with Gasteiger partial charge in [-0.3, -0.25) is 9.59 Å². The lowest BCUT2D eigenvalue weighted by atomic mass is 10.1. The maximum Gasteiger partial charge on any atom is 0.229 e. The zero-order valence-corrected chi connectivity index (χ0v) is 12.8. The van der Waals surface area contributed by atoms with Gasteiger partial charge in [-0.05, 0) is 31.2 Å². The Hall–Kier alpha value is -2.69. The molecule has 0 spiro atoms. The molecule has 2 aromatic rings. The molecule has 0 radical (unpaired) electrons. The summed E-state index contributed by atoms with van der Waals surface area (Å²) >= 11 is 0. The fourth-order valence-corrected chi connectivity index (χ4v) is 2.65. The van der Waals surface area contributed by atoms with Gasteiger partial charge in [-0.1, -0.05) is 29.8 Å². The third kappa shape index (κ3) is 3.23. The molecule has 0 saturated carbocycles. The van der Waals surface area contributed by atoms with Crippen LogP contribution in [0.1, 0.15) is 12.0 Å². The number of anilines is 2. The first-order valence-electron chi connectivity index (χ1n) is 7.47. The molecule has 1 aliphatic rings. The van der Waals surface area contributed by atoms with Crippen LogP contribution in [0.4, 0.5) is 15.8 Å². The summed E-state index contributed by atoms with van der Waals surface area (Å²) < 4.78 is 13.6. The number of carbonyl (C=O) groups excluding carboxylic acids is 2. The number of para-hydroxylation sites is 1. The SMILES string of the molecule is Cc1ccc(N2C[C@@H](C(=O)Nc3ccccc3F)CC2=O)cc1. The lowest BCUT2D eigenvalue weighted by Crippen LogP contribution is -2.28. The maximum absolute atomic E-state index is 13.6. The summed E-state index contributed by atoms with van der Waals surface area (Å²) in [4.78, 5) is 26.1. The minimum absolute atomic E-state index is 0.0949. The van der Waals surface area contributed by atoms with Gasteiger partial charge in [0.25, 0.3) is 0 Å². The number of halogens is 1. The van der Waals surface area contributed by atoms with Crippen molar-refractivity contribution in [2.45, 2.75) is 13.3 Å². The third-order valence-electron chi connectivity index (χ3n) is 3.97. The zero-order chi connectivity index (χ0) is 16.4. The van der Waals surface area contributed by atoms with E-state index in [-0.39, 0.29) is 23.9 Å². The quantitative estimate of drug-likeness (QED) is 0.946. The van der Waals surface area contributed by atoms with Crippen LogP contribution in [0, 0.1) is 18.7 Å². The average molecular weight is 312 g/mol. The molecule has 1 N–H and O–H groups in total. The minimum Gasteiger partial charge on any atom is -0.323 e. The number of nitrogens with zero attached hydrogens (tertiary/aromatic N) is 1. The van der Waals surface area contributed by atoms with E-state index in [1.54, 1.807) is 17.0 Å². The maximum atomic E-state index is 13.6. The Morgan fingerprint density at radius 1 is 1.17 bits per heavy atom. The summed E-state index contributed by atoms with van der Waals surface area (Å²) in [5.41, 5.74) is 2.02. The molecule has 1 aliphatic heterocycles. The van der Waals surface area contributed by atoms with Crippen LogP contribution in [0.15, 0.2) is 48.5 Å². The Kier molecular flexibility index (Phi) is 4.10. The van der Waals surface area contributed by atoms with Gasteiger partial charge in [0, 0.05) is 18.7 Å². The van der Waals surface area contributed by atoms with E-state index in [1.807, 2.05) is 31.2 Å². The number of hydrogen-bond acceptors (Lipinski definition) is 2. The number of amides is 2. The van der Waals surface area contributed by atoms with Crippen LogP contribution in [0.2, 0.25) is 0 Å². The Balaban J connectivity index is 1.71. The third-order valence-corrected chi connectivity index (χ3v) is 3.97. The first-order valence-corrected chi connectivity index (χ1v) is 7.47. The summed E-state index contributed by atoms with van der Waals surface area (Å²) in [5.74, 6) is -1.40. The van der Waals surface area contributed by atoms with Crippen LogP contribution in [0.3, 0.4) is 0 Å². The molecule has 4 nitrogen and oxygen atoms in total. The Morgan fingerprint density at radius 2 is 1.87 bits per heavy atom. The van der Waals surface area contributed by atoms with E-state index in [9.17, 15) is 14.0 Å². The second kappa shape index (κ2) is 6.20. The number of nitrogens with one attached hydrogen (secondary N) is 1. The van der Waals surface area contributed by atoms with Crippen molar-refractivity contribution >= 4 is 23.2 Å². The van der Waals surface area contributed by atoms with E-state index >= 15 is 0 Å². The standard InChI is InChI=1S/C18H17FN2O2/c1-12-6-8-14(9-7-12)21-11-13(10-17(21)22)18(23)20-16-5-3-2-4-15(16)19/h2-9,13H,10-11H2,1H3,(H,20,23)/t13-/m0/s1. The fourth-order valence-electron chi connectivity index (χ4n) is 2.65. The summed E-state index contributed by atoms with van der Waals surface area (Å²) in [6.07, 6.45) is 0.133. The van der Waals surface area contributed by atoms with Crippen molar-refractivity contribution in [1.29, 1.82) is 0 Å². The van der Waals surface area contributed by atoms with Gasteiger partial charge in [0.05, 0.1) is 11.6 Å². The smallest absolute Gasteiger partial charge is 0.229 e. The van der Waals surface area contributed by atoms with Crippen LogP contribution >= 0.6 is 0 Å². The second-order valence-electron chi connectivity index (χ2n) is 5.71. The number of hydrogen-bond donors (Lipinski definition) is 1. The van der Waals surface area contributed by atoms with Crippen LogP contribution < -0.4 is 10.2 Å². The lowest BCUT2D eigenvalue weighted by molar-refractivity contribution is -0.122. The number of benzene rings is 2.